The fourth-order valence-electron chi connectivity index (χ4n) is 4.66. The molecule has 0 aromatic carbocycles. The van der Waals surface area contributed by atoms with Crippen molar-refractivity contribution in [2.75, 3.05) is 6.61 Å². The number of amides is 1. The molecule has 4 aliphatic rings. The third-order valence-electron chi connectivity index (χ3n) is 6.49. The van der Waals surface area contributed by atoms with Crippen LogP contribution in [0.15, 0.2) is 0 Å². The van der Waals surface area contributed by atoms with Crippen LogP contribution in [-0.2, 0) is 14.1 Å². The monoisotopic (exact) mass is 323 g/mol. The zero-order valence-corrected chi connectivity index (χ0v) is 15.2. The topological polar surface area (TPSA) is 67.8 Å². The Morgan fingerprint density at radius 3 is 2.52 bits per heavy atom. The predicted octanol–water partition coefficient (Wildman–Crippen LogP) is 1.78. The van der Waals surface area contributed by atoms with Crippen molar-refractivity contribution in [1.29, 1.82) is 0 Å². The van der Waals surface area contributed by atoms with Gasteiger partial charge < -0.3 is 19.7 Å². The van der Waals surface area contributed by atoms with Gasteiger partial charge in [0.1, 0.15) is 0 Å². The van der Waals surface area contributed by atoms with Crippen molar-refractivity contribution >= 4 is 13.0 Å². The van der Waals surface area contributed by atoms with Crippen LogP contribution in [0.1, 0.15) is 54.4 Å². The summed E-state index contributed by atoms with van der Waals surface area (Å²) >= 11 is 0. The summed E-state index contributed by atoms with van der Waals surface area (Å²) in [5, 5.41) is 12.6. The lowest BCUT2D eigenvalue weighted by atomic mass is 9.43. The summed E-state index contributed by atoms with van der Waals surface area (Å²) in [5.74, 6) is 0.531. The van der Waals surface area contributed by atoms with Gasteiger partial charge in [-0.1, -0.05) is 34.6 Å². The summed E-state index contributed by atoms with van der Waals surface area (Å²) in [6, 6.07) is 0. The minimum absolute atomic E-state index is 0.0601. The Balaban J connectivity index is 1.72. The molecule has 0 aromatic rings. The number of rotatable bonds is 3. The van der Waals surface area contributed by atoms with Gasteiger partial charge in [-0.25, -0.2) is 0 Å². The van der Waals surface area contributed by atoms with Crippen LogP contribution >= 0.6 is 0 Å². The second-order valence-electron chi connectivity index (χ2n) is 9.35. The van der Waals surface area contributed by atoms with Crippen LogP contribution in [-0.4, -0.2) is 42.4 Å². The van der Waals surface area contributed by atoms with E-state index in [1.807, 2.05) is 20.8 Å². The van der Waals surface area contributed by atoms with Crippen LogP contribution in [0.25, 0.3) is 0 Å². The van der Waals surface area contributed by atoms with E-state index in [2.05, 4.69) is 26.1 Å². The molecule has 5 nitrogen and oxygen atoms in total. The largest absolute Gasteiger partial charge is 0.484 e. The van der Waals surface area contributed by atoms with Crippen molar-refractivity contribution in [1.82, 2.24) is 5.32 Å². The average Bonchev–Trinajstić information content (AvgIpc) is 2.79. The minimum atomic E-state index is -0.573. The average molecular weight is 323 g/mol. The molecule has 1 saturated heterocycles. The molecule has 0 radical (unpaired) electrons. The number of aliphatic hydroxyl groups is 1. The van der Waals surface area contributed by atoms with Crippen LogP contribution in [0.2, 0.25) is 0 Å². The molecule has 4 rings (SSSR count). The molecule has 1 aliphatic heterocycles. The van der Waals surface area contributed by atoms with E-state index in [4.69, 9.17) is 9.31 Å². The van der Waals surface area contributed by atoms with Gasteiger partial charge in [0.15, 0.2) is 0 Å². The molecule has 2 bridgehead atoms. The maximum Gasteiger partial charge on any atom is 0.484 e. The number of aliphatic hydroxyl groups excluding tert-OH is 1. The molecule has 3 saturated carbocycles. The molecule has 5 atom stereocenters. The number of carbonyl (C=O) groups excluding carboxylic acids is 1. The quantitative estimate of drug-likeness (QED) is 0.777. The van der Waals surface area contributed by atoms with Gasteiger partial charge in [0.05, 0.1) is 24.3 Å². The van der Waals surface area contributed by atoms with Crippen LogP contribution in [0.4, 0.5) is 0 Å². The van der Waals surface area contributed by atoms with Crippen molar-refractivity contribution in [2.24, 2.45) is 22.7 Å². The standard InChI is InChI=1S/C17H30BNO4/c1-15(2,3)14(21)19-13(9-20)18-22-12-8-10-7-11(16(10,4)5)17(12,6)23-18/h10-13,20H,7-9H2,1-6H3,(H,19,21)/t10-,11-,12+,13-,17-/m0/s1. The van der Waals surface area contributed by atoms with Crippen LogP contribution < -0.4 is 5.32 Å². The first-order chi connectivity index (χ1) is 10.5. The molecule has 0 spiro atoms. The SMILES string of the molecule is CC(C)(C)C(=O)N[C@@H](CO)B1O[C@@H]2C[C@@H]3C[C@@H](C3(C)C)[C@]2(C)O1. The highest BCUT2D eigenvalue weighted by atomic mass is 16.7. The molecule has 1 amide bonds. The summed E-state index contributed by atoms with van der Waals surface area (Å²) in [5.41, 5.74) is -0.540. The van der Waals surface area contributed by atoms with E-state index >= 15 is 0 Å². The zero-order chi connectivity index (χ0) is 17.2. The van der Waals surface area contributed by atoms with Gasteiger partial charge in [-0.05, 0) is 37.0 Å². The lowest BCUT2D eigenvalue weighted by Crippen LogP contribution is -2.65. The summed E-state index contributed by atoms with van der Waals surface area (Å²) in [6.07, 6.45) is 2.25. The zero-order valence-electron chi connectivity index (χ0n) is 15.2. The van der Waals surface area contributed by atoms with E-state index in [9.17, 15) is 9.90 Å². The molecule has 23 heavy (non-hydrogen) atoms. The maximum atomic E-state index is 12.2. The Morgan fingerprint density at radius 1 is 1.35 bits per heavy atom. The highest BCUT2D eigenvalue weighted by molar-refractivity contribution is 6.48. The fraction of sp³-hybridized carbons (Fsp3) is 0.941. The summed E-state index contributed by atoms with van der Waals surface area (Å²) in [4.78, 5) is 12.2. The Bertz CT molecular complexity index is 503. The second kappa shape index (κ2) is 5.20. The Morgan fingerprint density at radius 2 is 2.00 bits per heavy atom. The molecule has 0 aromatic heterocycles. The Kier molecular flexibility index (Phi) is 3.90. The third-order valence-corrected chi connectivity index (χ3v) is 6.49. The smallest absolute Gasteiger partial charge is 0.404 e. The third kappa shape index (κ3) is 2.54. The van der Waals surface area contributed by atoms with Gasteiger partial charge in [-0.15, -0.1) is 0 Å². The van der Waals surface area contributed by atoms with Gasteiger partial charge >= 0.3 is 7.12 Å². The van der Waals surface area contributed by atoms with Gasteiger partial charge in [0, 0.05) is 5.41 Å². The summed E-state index contributed by atoms with van der Waals surface area (Å²) < 4.78 is 12.4. The van der Waals surface area contributed by atoms with E-state index in [0.29, 0.717) is 11.8 Å². The molecule has 3 aliphatic carbocycles. The molecule has 4 fully saturated rings. The van der Waals surface area contributed by atoms with Gasteiger partial charge in [-0.2, -0.15) is 0 Å². The number of hydrogen-bond donors (Lipinski definition) is 2. The van der Waals surface area contributed by atoms with Crippen molar-refractivity contribution in [3.8, 4) is 0 Å². The van der Waals surface area contributed by atoms with E-state index in [-0.39, 0.29) is 29.6 Å². The van der Waals surface area contributed by atoms with Crippen molar-refractivity contribution in [3.63, 3.8) is 0 Å². The van der Waals surface area contributed by atoms with Crippen LogP contribution in [0, 0.1) is 22.7 Å². The maximum absolute atomic E-state index is 12.2. The molecule has 130 valence electrons. The van der Waals surface area contributed by atoms with E-state index in [1.54, 1.807) is 0 Å². The van der Waals surface area contributed by atoms with Crippen LogP contribution in [0.3, 0.4) is 0 Å². The van der Waals surface area contributed by atoms with Crippen molar-refractivity contribution in [3.05, 3.63) is 0 Å². The normalized spacial score (nSPS) is 39.4. The van der Waals surface area contributed by atoms with Gasteiger partial charge in [0.25, 0.3) is 0 Å². The van der Waals surface area contributed by atoms with Crippen molar-refractivity contribution < 1.29 is 19.2 Å². The van der Waals surface area contributed by atoms with Crippen LogP contribution in [0.5, 0.6) is 0 Å². The number of carbonyl (C=O) groups is 1. The van der Waals surface area contributed by atoms with E-state index in [0.717, 1.165) is 6.42 Å². The Hall–Kier alpha value is -0.585. The Labute approximate surface area is 139 Å². The number of nitrogens with one attached hydrogen (secondary N) is 1. The molecular formula is C17H30BNO4. The summed E-state index contributed by atoms with van der Waals surface area (Å²) in [6.45, 7) is 12.1. The van der Waals surface area contributed by atoms with Crippen molar-refractivity contribution in [2.45, 2.75) is 72.0 Å². The lowest BCUT2D eigenvalue weighted by molar-refractivity contribution is -0.199. The van der Waals surface area contributed by atoms with Gasteiger partial charge in [-0.3, -0.25) is 4.79 Å². The highest BCUT2D eigenvalue weighted by Gasteiger charge is 2.68. The molecule has 2 N–H and O–H groups in total. The molecular weight excluding hydrogens is 293 g/mol. The molecule has 0 unspecified atom stereocenters. The number of hydrogen-bond acceptors (Lipinski definition) is 4. The fourth-order valence-corrected chi connectivity index (χ4v) is 4.66. The summed E-state index contributed by atoms with van der Waals surface area (Å²) in [7, 11) is -0.573. The highest BCUT2D eigenvalue weighted by Crippen LogP contribution is 2.65. The van der Waals surface area contributed by atoms with E-state index in [1.165, 1.54) is 6.42 Å². The minimum Gasteiger partial charge on any atom is -0.404 e. The molecule has 6 heteroatoms. The van der Waals surface area contributed by atoms with E-state index < -0.39 is 18.5 Å². The predicted molar refractivity (Wildman–Crippen MR) is 88.6 cm³/mol. The first-order valence-corrected chi connectivity index (χ1v) is 8.75. The molecule has 1 heterocycles. The second-order valence-corrected chi connectivity index (χ2v) is 9.35. The lowest BCUT2D eigenvalue weighted by Gasteiger charge is -2.64. The first-order valence-electron chi connectivity index (χ1n) is 8.75. The first kappa shape index (κ1) is 17.2. The van der Waals surface area contributed by atoms with Gasteiger partial charge in [0.2, 0.25) is 5.91 Å².